The van der Waals surface area contributed by atoms with Gasteiger partial charge in [-0.05, 0) is 50.9 Å². The van der Waals surface area contributed by atoms with E-state index in [1.54, 1.807) is 11.3 Å². The highest BCUT2D eigenvalue weighted by Gasteiger charge is 2.15. The molecule has 2 aromatic rings. The lowest BCUT2D eigenvalue weighted by Crippen LogP contribution is -2.26. The van der Waals surface area contributed by atoms with Gasteiger partial charge in [-0.15, -0.1) is 11.3 Å². The highest BCUT2D eigenvalue weighted by Crippen LogP contribution is 2.25. The molecule has 0 bridgehead atoms. The molecular formula is C16H23N3S. The smallest absolute Gasteiger partial charge is 0.133 e. The van der Waals surface area contributed by atoms with Crippen LogP contribution in [-0.2, 0) is 13.1 Å². The van der Waals surface area contributed by atoms with Crippen molar-refractivity contribution < 1.29 is 0 Å². The van der Waals surface area contributed by atoms with Crippen LogP contribution in [0.25, 0.3) is 0 Å². The predicted octanol–water partition coefficient (Wildman–Crippen LogP) is 3.51. The molecule has 0 radical (unpaired) electrons. The molecule has 4 heteroatoms. The number of hydrogen-bond donors (Lipinski definition) is 1. The van der Waals surface area contributed by atoms with Crippen LogP contribution in [0, 0.1) is 13.8 Å². The zero-order valence-corrected chi connectivity index (χ0v) is 13.5. The standard InChI is InChI=1S/C16H23N3S/c1-5-19(11-14-7-6-8-20-14)16-15(10-17-4)12(2)9-13(3)18-16/h6-9,17H,5,10-11H2,1-4H3. The van der Waals surface area contributed by atoms with Crippen molar-refractivity contribution in [2.45, 2.75) is 33.9 Å². The zero-order valence-electron chi connectivity index (χ0n) is 12.7. The van der Waals surface area contributed by atoms with Crippen molar-refractivity contribution in [3.05, 3.63) is 45.3 Å². The SMILES string of the molecule is CCN(Cc1cccs1)c1nc(C)cc(C)c1CNC. The number of thiophene rings is 1. The fraction of sp³-hybridized carbons (Fsp3) is 0.438. The number of aryl methyl sites for hydroxylation is 2. The number of aromatic nitrogens is 1. The Morgan fingerprint density at radius 1 is 1.35 bits per heavy atom. The summed E-state index contributed by atoms with van der Waals surface area (Å²) in [6.07, 6.45) is 0. The van der Waals surface area contributed by atoms with Crippen LogP contribution in [-0.4, -0.2) is 18.6 Å². The van der Waals surface area contributed by atoms with E-state index in [0.717, 1.165) is 31.1 Å². The molecule has 0 saturated heterocycles. The van der Waals surface area contributed by atoms with Crippen LogP contribution in [0.4, 0.5) is 5.82 Å². The third-order valence-corrected chi connectivity index (χ3v) is 4.28. The Labute approximate surface area is 125 Å². The number of rotatable bonds is 6. The Morgan fingerprint density at radius 3 is 2.75 bits per heavy atom. The van der Waals surface area contributed by atoms with Gasteiger partial charge in [0.05, 0.1) is 6.54 Å². The number of nitrogens with one attached hydrogen (secondary N) is 1. The van der Waals surface area contributed by atoms with Crippen LogP contribution in [0.2, 0.25) is 0 Å². The van der Waals surface area contributed by atoms with Gasteiger partial charge in [-0.3, -0.25) is 0 Å². The highest BCUT2D eigenvalue weighted by atomic mass is 32.1. The maximum atomic E-state index is 4.79. The molecule has 2 heterocycles. The number of nitrogens with zero attached hydrogens (tertiary/aromatic N) is 2. The van der Waals surface area contributed by atoms with E-state index in [2.05, 4.69) is 54.6 Å². The third kappa shape index (κ3) is 3.38. The summed E-state index contributed by atoms with van der Waals surface area (Å²) < 4.78 is 0. The van der Waals surface area contributed by atoms with Crippen LogP contribution < -0.4 is 10.2 Å². The third-order valence-electron chi connectivity index (χ3n) is 3.42. The molecule has 0 atom stereocenters. The molecule has 0 amide bonds. The monoisotopic (exact) mass is 289 g/mol. The van der Waals surface area contributed by atoms with Gasteiger partial charge in [0.15, 0.2) is 0 Å². The lowest BCUT2D eigenvalue weighted by molar-refractivity contribution is 0.766. The fourth-order valence-corrected chi connectivity index (χ4v) is 3.15. The average molecular weight is 289 g/mol. The molecular weight excluding hydrogens is 266 g/mol. The largest absolute Gasteiger partial charge is 0.351 e. The average Bonchev–Trinajstić information content (AvgIpc) is 2.92. The van der Waals surface area contributed by atoms with Crippen molar-refractivity contribution >= 4 is 17.2 Å². The lowest BCUT2D eigenvalue weighted by atomic mass is 10.1. The number of pyridine rings is 1. The first kappa shape index (κ1) is 15.0. The first-order valence-electron chi connectivity index (χ1n) is 7.04. The Morgan fingerprint density at radius 2 is 2.15 bits per heavy atom. The molecule has 2 aromatic heterocycles. The van der Waals surface area contributed by atoms with E-state index in [9.17, 15) is 0 Å². The highest BCUT2D eigenvalue weighted by molar-refractivity contribution is 7.09. The minimum atomic E-state index is 0.857. The summed E-state index contributed by atoms with van der Waals surface area (Å²) in [5.74, 6) is 1.12. The van der Waals surface area contributed by atoms with E-state index in [1.165, 1.54) is 16.0 Å². The molecule has 3 nitrogen and oxygen atoms in total. The van der Waals surface area contributed by atoms with Gasteiger partial charge < -0.3 is 10.2 Å². The van der Waals surface area contributed by atoms with Gasteiger partial charge in [-0.25, -0.2) is 4.98 Å². The van der Waals surface area contributed by atoms with E-state index >= 15 is 0 Å². The van der Waals surface area contributed by atoms with Crippen LogP contribution >= 0.6 is 11.3 Å². The quantitative estimate of drug-likeness (QED) is 0.882. The van der Waals surface area contributed by atoms with Crippen molar-refractivity contribution in [1.29, 1.82) is 0 Å². The maximum absolute atomic E-state index is 4.79. The summed E-state index contributed by atoms with van der Waals surface area (Å²) in [6.45, 7) is 9.18. The molecule has 1 N–H and O–H groups in total. The number of anilines is 1. The summed E-state index contributed by atoms with van der Waals surface area (Å²) in [5, 5.41) is 5.39. The molecule has 0 unspecified atom stereocenters. The molecule has 0 spiro atoms. The molecule has 20 heavy (non-hydrogen) atoms. The summed E-state index contributed by atoms with van der Waals surface area (Å²) in [5.41, 5.74) is 3.70. The molecule has 2 rings (SSSR count). The van der Waals surface area contributed by atoms with Crippen molar-refractivity contribution in [3.63, 3.8) is 0 Å². The van der Waals surface area contributed by atoms with Crippen LogP contribution in [0.3, 0.4) is 0 Å². The van der Waals surface area contributed by atoms with Crippen molar-refractivity contribution in [3.8, 4) is 0 Å². The van der Waals surface area contributed by atoms with E-state index < -0.39 is 0 Å². The zero-order chi connectivity index (χ0) is 14.5. The minimum absolute atomic E-state index is 0.857. The molecule has 0 saturated carbocycles. The maximum Gasteiger partial charge on any atom is 0.133 e. The van der Waals surface area contributed by atoms with Crippen molar-refractivity contribution in [2.24, 2.45) is 0 Å². The van der Waals surface area contributed by atoms with Crippen molar-refractivity contribution in [2.75, 3.05) is 18.5 Å². The second-order valence-corrected chi connectivity index (χ2v) is 6.04. The Bertz CT molecular complexity index is 549. The Balaban J connectivity index is 2.36. The normalized spacial score (nSPS) is 10.8. The molecule has 0 fully saturated rings. The predicted molar refractivity (Wildman–Crippen MR) is 87.5 cm³/mol. The van der Waals surface area contributed by atoms with Gasteiger partial charge in [-0.1, -0.05) is 6.07 Å². The van der Waals surface area contributed by atoms with Gasteiger partial charge in [0, 0.05) is 29.2 Å². The van der Waals surface area contributed by atoms with Gasteiger partial charge >= 0.3 is 0 Å². The molecule has 0 aliphatic rings. The lowest BCUT2D eigenvalue weighted by Gasteiger charge is -2.25. The van der Waals surface area contributed by atoms with E-state index in [-0.39, 0.29) is 0 Å². The molecule has 108 valence electrons. The first-order valence-corrected chi connectivity index (χ1v) is 7.92. The van der Waals surface area contributed by atoms with E-state index in [1.807, 2.05) is 7.05 Å². The number of hydrogen-bond acceptors (Lipinski definition) is 4. The van der Waals surface area contributed by atoms with Crippen LogP contribution in [0.5, 0.6) is 0 Å². The van der Waals surface area contributed by atoms with Gasteiger partial charge in [0.1, 0.15) is 5.82 Å². The van der Waals surface area contributed by atoms with Crippen LogP contribution in [0.1, 0.15) is 28.6 Å². The second kappa shape index (κ2) is 6.86. The molecule has 0 aliphatic carbocycles. The summed E-state index contributed by atoms with van der Waals surface area (Å²) in [4.78, 5) is 8.53. The Kier molecular flexibility index (Phi) is 5.15. The van der Waals surface area contributed by atoms with Gasteiger partial charge in [0.25, 0.3) is 0 Å². The van der Waals surface area contributed by atoms with Gasteiger partial charge in [-0.2, -0.15) is 0 Å². The Hall–Kier alpha value is -1.39. The first-order chi connectivity index (χ1) is 9.65. The molecule has 0 aliphatic heterocycles. The minimum Gasteiger partial charge on any atom is -0.351 e. The van der Waals surface area contributed by atoms with Crippen molar-refractivity contribution in [1.82, 2.24) is 10.3 Å². The van der Waals surface area contributed by atoms with E-state index in [4.69, 9.17) is 4.98 Å². The van der Waals surface area contributed by atoms with Gasteiger partial charge in [0.2, 0.25) is 0 Å². The van der Waals surface area contributed by atoms with Crippen LogP contribution in [0.15, 0.2) is 23.6 Å². The second-order valence-electron chi connectivity index (χ2n) is 5.01. The summed E-state index contributed by atoms with van der Waals surface area (Å²) >= 11 is 1.80. The topological polar surface area (TPSA) is 28.2 Å². The fourth-order valence-electron chi connectivity index (χ4n) is 2.43. The molecule has 0 aromatic carbocycles. The van der Waals surface area contributed by atoms with E-state index in [0.29, 0.717) is 0 Å². The summed E-state index contributed by atoms with van der Waals surface area (Å²) in [7, 11) is 1.98. The summed E-state index contributed by atoms with van der Waals surface area (Å²) in [6, 6.07) is 6.46.